The van der Waals surface area contributed by atoms with Crippen molar-refractivity contribution in [3.63, 3.8) is 0 Å². The number of carbonyl (C=O) groups excluding carboxylic acids is 1. The molecule has 0 radical (unpaired) electrons. The van der Waals surface area contributed by atoms with Gasteiger partial charge in [0.25, 0.3) is 5.91 Å². The van der Waals surface area contributed by atoms with E-state index in [2.05, 4.69) is 11.4 Å². The fourth-order valence-electron chi connectivity index (χ4n) is 2.91. The van der Waals surface area contributed by atoms with Crippen molar-refractivity contribution in [2.24, 2.45) is 0 Å². The largest absolute Gasteiger partial charge is 0.388 e. The molecule has 3 nitrogen and oxygen atoms in total. The van der Waals surface area contributed by atoms with Gasteiger partial charge in [0, 0.05) is 23.6 Å². The molecule has 22 heavy (non-hydrogen) atoms. The van der Waals surface area contributed by atoms with Gasteiger partial charge in [0.1, 0.15) is 0 Å². The van der Waals surface area contributed by atoms with Gasteiger partial charge in [-0.3, -0.25) is 4.79 Å². The zero-order chi connectivity index (χ0) is 15.6. The second kappa shape index (κ2) is 6.11. The second-order valence-electron chi connectivity index (χ2n) is 5.86. The van der Waals surface area contributed by atoms with Gasteiger partial charge < -0.3 is 10.4 Å². The number of benzene rings is 2. The molecule has 0 bridgehead atoms. The van der Waals surface area contributed by atoms with Gasteiger partial charge in [-0.1, -0.05) is 41.9 Å². The van der Waals surface area contributed by atoms with Gasteiger partial charge in [-0.25, -0.2) is 0 Å². The van der Waals surface area contributed by atoms with Crippen molar-refractivity contribution >= 4 is 17.5 Å². The van der Waals surface area contributed by atoms with Crippen molar-refractivity contribution in [3.05, 3.63) is 70.2 Å². The normalized spacial score (nSPS) is 20.3. The van der Waals surface area contributed by atoms with Gasteiger partial charge in [0.05, 0.1) is 5.60 Å². The highest BCUT2D eigenvalue weighted by molar-refractivity contribution is 6.30. The van der Waals surface area contributed by atoms with E-state index < -0.39 is 5.60 Å². The Morgan fingerprint density at radius 1 is 1.18 bits per heavy atom. The summed E-state index contributed by atoms with van der Waals surface area (Å²) in [6.45, 7) is 0.243. The maximum Gasteiger partial charge on any atom is 0.251 e. The Balaban J connectivity index is 1.65. The molecular weight excluding hydrogens is 298 g/mol. The van der Waals surface area contributed by atoms with Crippen LogP contribution in [-0.4, -0.2) is 23.2 Å². The predicted molar refractivity (Wildman–Crippen MR) is 87.2 cm³/mol. The molecule has 1 atom stereocenters. The van der Waals surface area contributed by atoms with Gasteiger partial charge in [-0.05, 0) is 42.2 Å². The molecule has 4 heteroatoms. The fraction of sp³-hybridized carbons (Fsp3) is 0.278. The lowest BCUT2D eigenvalue weighted by Gasteiger charge is -2.33. The molecule has 1 amide bonds. The molecule has 3 rings (SSSR count). The highest BCUT2D eigenvalue weighted by Crippen LogP contribution is 2.28. The Kier molecular flexibility index (Phi) is 4.19. The van der Waals surface area contributed by atoms with Crippen LogP contribution in [0, 0.1) is 0 Å². The molecule has 1 aliphatic carbocycles. The molecule has 2 N–H and O–H groups in total. The molecule has 0 heterocycles. The van der Waals surface area contributed by atoms with E-state index in [0.717, 1.165) is 12.0 Å². The first kappa shape index (κ1) is 15.1. The third-order valence-electron chi connectivity index (χ3n) is 4.16. The first-order valence-corrected chi connectivity index (χ1v) is 7.76. The molecule has 2 aromatic rings. The first-order valence-electron chi connectivity index (χ1n) is 7.39. The number of nitrogens with one attached hydrogen (secondary N) is 1. The molecule has 0 fully saturated rings. The van der Waals surface area contributed by atoms with Crippen LogP contribution in [0.5, 0.6) is 0 Å². The van der Waals surface area contributed by atoms with Gasteiger partial charge >= 0.3 is 0 Å². The fourth-order valence-corrected chi connectivity index (χ4v) is 3.10. The molecule has 114 valence electrons. The Hall–Kier alpha value is -1.84. The standard InChI is InChI=1S/C18H18ClNO2/c19-16-7-3-6-14(10-16)17(21)20-12-18(22)9-8-13-4-1-2-5-15(13)11-18/h1-7,10,22H,8-9,11-12H2,(H,20,21)/t18-/m0/s1. The Bertz CT molecular complexity index is 701. The molecule has 2 aromatic carbocycles. The number of amides is 1. The van der Waals surface area contributed by atoms with Crippen LogP contribution in [0.2, 0.25) is 5.02 Å². The maximum atomic E-state index is 12.1. The second-order valence-corrected chi connectivity index (χ2v) is 6.30. The van der Waals surface area contributed by atoms with E-state index in [1.165, 1.54) is 5.56 Å². The topological polar surface area (TPSA) is 49.3 Å². The van der Waals surface area contributed by atoms with Crippen LogP contribution >= 0.6 is 11.6 Å². The number of carbonyl (C=O) groups is 1. The maximum absolute atomic E-state index is 12.1. The van der Waals surface area contributed by atoms with E-state index in [0.29, 0.717) is 23.4 Å². The van der Waals surface area contributed by atoms with Crippen LogP contribution in [0.15, 0.2) is 48.5 Å². The molecule has 0 spiro atoms. The van der Waals surface area contributed by atoms with Crippen LogP contribution in [0.4, 0.5) is 0 Å². The average molecular weight is 316 g/mol. The molecule has 0 aliphatic heterocycles. The minimum atomic E-state index is -0.886. The molecule has 0 saturated carbocycles. The number of fused-ring (bicyclic) bond motifs is 1. The lowest BCUT2D eigenvalue weighted by Crippen LogP contribution is -2.46. The van der Waals surface area contributed by atoms with Crippen LogP contribution < -0.4 is 5.32 Å². The van der Waals surface area contributed by atoms with Crippen LogP contribution in [0.3, 0.4) is 0 Å². The summed E-state index contributed by atoms with van der Waals surface area (Å²) in [5.74, 6) is -0.213. The summed E-state index contributed by atoms with van der Waals surface area (Å²) in [6, 6.07) is 14.9. The Morgan fingerprint density at radius 3 is 2.73 bits per heavy atom. The summed E-state index contributed by atoms with van der Waals surface area (Å²) < 4.78 is 0. The zero-order valence-electron chi connectivity index (χ0n) is 12.2. The van der Waals surface area contributed by atoms with Gasteiger partial charge in [0.2, 0.25) is 0 Å². The minimum Gasteiger partial charge on any atom is -0.388 e. The van der Waals surface area contributed by atoms with E-state index in [-0.39, 0.29) is 12.5 Å². The number of hydrogen-bond acceptors (Lipinski definition) is 2. The predicted octanol–water partition coefficient (Wildman–Crippen LogP) is 2.99. The van der Waals surface area contributed by atoms with Crippen LogP contribution in [-0.2, 0) is 12.8 Å². The van der Waals surface area contributed by atoms with Crippen molar-refractivity contribution in [2.45, 2.75) is 24.9 Å². The Labute approximate surface area is 134 Å². The van der Waals surface area contributed by atoms with Crippen molar-refractivity contribution in [2.75, 3.05) is 6.54 Å². The monoisotopic (exact) mass is 315 g/mol. The van der Waals surface area contributed by atoms with E-state index in [9.17, 15) is 9.90 Å². The Morgan fingerprint density at radius 2 is 1.95 bits per heavy atom. The molecular formula is C18H18ClNO2. The van der Waals surface area contributed by atoms with Crippen molar-refractivity contribution in [1.82, 2.24) is 5.32 Å². The lowest BCUT2D eigenvalue weighted by molar-refractivity contribution is 0.0260. The van der Waals surface area contributed by atoms with Gasteiger partial charge in [0.15, 0.2) is 0 Å². The summed E-state index contributed by atoms with van der Waals surface area (Å²) in [5, 5.41) is 14.1. The van der Waals surface area contributed by atoms with E-state index in [4.69, 9.17) is 11.6 Å². The summed E-state index contributed by atoms with van der Waals surface area (Å²) >= 11 is 5.89. The number of aryl methyl sites for hydroxylation is 1. The highest BCUT2D eigenvalue weighted by atomic mass is 35.5. The SMILES string of the molecule is O=C(NC[C@]1(O)CCc2ccccc2C1)c1cccc(Cl)c1. The van der Waals surface area contributed by atoms with Gasteiger partial charge in [-0.2, -0.15) is 0 Å². The van der Waals surface area contributed by atoms with Crippen LogP contribution in [0.1, 0.15) is 27.9 Å². The first-order chi connectivity index (χ1) is 10.6. The summed E-state index contributed by atoms with van der Waals surface area (Å²) in [5.41, 5.74) is 2.07. The minimum absolute atomic E-state index is 0.213. The lowest BCUT2D eigenvalue weighted by atomic mass is 9.80. The van der Waals surface area contributed by atoms with Crippen molar-refractivity contribution in [1.29, 1.82) is 0 Å². The molecule has 0 unspecified atom stereocenters. The molecule has 0 aromatic heterocycles. The number of hydrogen-bond donors (Lipinski definition) is 2. The van der Waals surface area contributed by atoms with Gasteiger partial charge in [-0.15, -0.1) is 0 Å². The zero-order valence-corrected chi connectivity index (χ0v) is 12.9. The number of aliphatic hydroxyl groups is 1. The summed E-state index contributed by atoms with van der Waals surface area (Å²) in [4.78, 5) is 12.1. The van der Waals surface area contributed by atoms with E-state index in [1.807, 2.05) is 18.2 Å². The molecule has 0 saturated heterocycles. The third-order valence-corrected chi connectivity index (χ3v) is 4.40. The van der Waals surface area contributed by atoms with E-state index >= 15 is 0 Å². The highest BCUT2D eigenvalue weighted by Gasteiger charge is 2.32. The van der Waals surface area contributed by atoms with Crippen molar-refractivity contribution in [3.8, 4) is 0 Å². The summed E-state index contributed by atoms with van der Waals surface area (Å²) in [7, 11) is 0. The van der Waals surface area contributed by atoms with Crippen molar-refractivity contribution < 1.29 is 9.90 Å². The third kappa shape index (κ3) is 3.32. The summed E-state index contributed by atoms with van der Waals surface area (Å²) in [6.07, 6.45) is 2.05. The van der Waals surface area contributed by atoms with E-state index in [1.54, 1.807) is 24.3 Å². The number of rotatable bonds is 3. The quantitative estimate of drug-likeness (QED) is 0.915. The average Bonchev–Trinajstić information content (AvgIpc) is 2.52. The smallest absolute Gasteiger partial charge is 0.251 e. The van der Waals surface area contributed by atoms with Crippen LogP contribution in [0.25, 0.3) is 0 Å². The molecule has 1 aliphatic rings. The number of halogens is 1.